The molecule has 0 fully saturated rings. The van der Waals surface area contributed by atoms with Gasteiger partial charge >= 0.3 is 0 Å². The van der Waals surface area contributed by atoms with E-state index in [4.69, 9.17) is 10.3 Å². The lowest BCUT2D eigenvalue weighted by atomic mass is 10.0. The minimum absolute atomic E-state index is 0.308. The van der Waals surface area contributed by atoms with Crippen LogP contribution in [0.1, 0.15) is 17.4 Å². The molecule has 0 aliphatic rings. The summed E-state index contributed by atoms with van der Waals surface area (Å²) in [6.07, 6.45) is 1.53. The second kappa shape index (κ2) is 4.25. The van der Waals surface area contributed by atoms with E-state index in [9.17, 15) is 4.39 Å². The molecule has 0 saturated carbocycles. The van der Waals surface area contributed by atoms with E-state index in [-0.39, 0.29) is 5.82 Å². The first-order valence-electron chi connectivity index (χ1n) is 4.57. The molecule has 1 atom stereocenters. The number of nitrogens with one attached hydrogen (secondary N) is 1. The molecule has 0 aliphatic heterocycles. The summed E-state index contributed by atoms with van der Waals surface area (Å²) in [5.74, 6) is 5.67. The molecule has 1 heterocycles. The van der Waals surface area contributed by atoms with E-state index >= 15 is 0 Å². The Labute approximate surface area is 86.7 Å². The van der Waals surface area contributed by atoms with E-state index in [2.05, 4.69) is 5.43 Å². The van der Waals surface area contributed by atoms with Crippen molar-refractivity contribution in [2.45, 2.75) is 6.04 Å². The molecule has 3 nitrogen and oxygen atoms in total. The molecule has 2 rings (SSSR count). The summed E-state index contributed by atoms with van der Waals surface area (Å²) >= 11 is 0. The van der Waals surface area contributed by atoms with Gasteiger partial charge in [0.2, 0.25) is 0 Å². The van der Waals surface area contributed by atoms with Crippen LogP contribution in [-0.2, 0) is 0 Å². The number of furan rings is 1. The molecular formula is C11H11FN2O. The second-order valence-electron chi connectivity index (χ2n) is 3.14. The number of nitrogens with two attached hydrogens (primary N) is 1. The average molecular weight is 206 g/mol. The van der Waals surface area contributed by atoms with Crippen LogP contribution in [0.2, 0.25) is 0 Å². The third-order valence-corrected chi connectivity index (χ3v) is 2.21. The Morgan fingerprint density at radius 2 is 2.00 bits per heavy atom. The van der Waals surface area contributed by atoms with E-state index in [1.54, 1.807) is 30.3 Å². The molecule has 15 heavy (non-hydrogen) atoms. The minimum atomic E-state index is -0.457. The Morgan fingerprint density at radius 3 is 2.60 bits per heavy atom. The summed E-state index contributed by atoms with van der Waals surface area (Å²) in [7, 11) is 0. The third-order valence-electron chi connectivity index (χ3n) is 2.21. The maximum absolute atomic E-state index is 13.5. The monoisotopic (exact) mass is 206 g/mol. The molecule has 1 aromatic carbocycles. The summed E-state index contributed by atoms with van der Waals surface area (Å²) in [6.45, 7) is 0. The van der Waals surface area contributed by atoms with Crippen LogP contribution in [0.4, 0.5) is 4.39 Å². The zero-order valence-corrected chi connectivity index (χ0v) is 7.98. The Hall–Kier alpha value is -1.65. The molecule has 0 bridgehead atoms. The van der Waals surface area contributed by atoms with Gasteiger partial charge in [0.1, 0.15) is 17.6 Å². The predicted octanol–water partition coefficient (Wildman–Crippen LogP) is 1.97. The fourth-order valence-electron chi connectivity index (χ4n) is 1.49. The van der Waals surface area contributed by atoms with Gasteiger partial charge in [-0.1, -0.05) is 18.2 Å². The molecule has 0 radical (unpaired) electrons. The number of hydrazine groups is 1. The van der Waals surface area contributed by atoms with Crippen molar-refractivity contribution in [2.24, 2.45) is 5.84 Å². The number of halogens is 1. The smallest absolute Gasteiger partial charge is 0.128 e. The van der Waals surface area contributed by atoms with Gasteiger partial charge in [-0.2, -0.15) is 0 Å². The fraction of sp³-hybridized carbons (Fsp3) is 0.0909. The van der Waals surface area contributed by atoms with Crippen molar-refractivity contribution >= 4 is 0 Å². The molecule has 78 valence electrons. The van der Waals surface area contributed by atoms with Crippen molar-refractivity contribution in [1.82, 2.24) is 5.43 Å². The van der Waals surface area contributed by atoms with Crippen molar-refractivity contribution in [3.8, 4) is 0 Å². The SMILES string of the molecule is NNC(c1ccco1)c1ccccc1F. The quantitative estimate of drug-likeness (QED) is 0.596. The summed E-state index contributed by atoms with van der Waals surface area (Å²) in [4.78, 5) is 0. The molecule has 0 aliphatic carbocycles. The Kier molecular flexibility index (Phi) is 2.80. The highest BCUT2D eigenvalue weighted by Gasteiger charge is 2.17. The average Bonchev–Trinajstić information content (AvgIpc) is 2.75. The third kappa shape index (κ3) is 1.91. The molecule has 3 N–H and O–H groups in total. The molecule has 0 saturated heterocycles. The van der Waals surface area contributed by atoms with E-state index in [0.717, 1.165) is 0 Å². The van der Waals surface area contributed by atoms with Crippen LogP contribution in [0.3, 0.4) is 0 Å². The van der Waals surface area contributed by atoms with Crippen LogP contribution in [0.5, 0.6) is 0 Å². The van der Waals surface area contributed by atoms with Gasteiger partial charge in [0.05, 0.1) is 6.26 Å². The number of rotatable bonds is 3. The Bertz CT molecular complexity index is 428. The zero-order chi connectivity index (χ0) is 10.7. The number of benzene rings is 1. The van der Waals surface area contributed by atoms with Gasteiger partial charge in [0, 0.05) is 5.56 Å². The normalized spacial score (nSPS) is 12.7. The number of hydrogen-bond donors (Lipinski definition) is 2. The fourth-order valence-corrected chi connectivity index (χ4v) is 1.49. The van der Waals surface area contributed by atoms with Crippen LogP contribution < -0.4 is 11.3 Å². The lowest BCUT2D eigenvalue weighted by molar-refractivity contribution is 0.441. The molecular weight excluding hydrogens is 195 g/mol. The van der Waals surface area contributed by atoms with Crippen molar-refractivity contribution in [3.63, 3.8) is 0 Å². The zero-order valence-electron chi connectivity index (χ0n) is 7.98. The summed E-state index contributed by atoms with van der Waals surface area (Å²) in [5, 5.41) is 0. The maximum atomic E-state index is 13.5. The molecule has 4 heteroatoms. The first-order valence-corrected chi connectivity index (χ1v) is 4.57. The van der Waals surface area contributed by atoms with Gasteiger partial charge in [0.25, 0.3) is 0 Å². The lowest BCUT2D eigenvalue weighted by Crippen LogP contribution is -2.29. The first kappa shape index (κ1) is 9.89. The molecule has 0 spiro atoms. The lowest BCUT2D eigenvalue weighted by Gasteiger charge is -2.14. The Morgan fingerprint density at radius 1 is 1.20 bits per heavy atom. The highest BCUT2D eigenvalue weighted by Crippen LogP contribution is 2.23. The highest BCUT2D eigenvalue weighted by molar-refractivity contribution is 5.27. The molecule has 1 aromatic heterocycles. The van der Waals surface area contributed by atoms with Crippen LogP contribution in [0.15, 0.2) is 47.1 Å². The van der Waals surface area contributed by atoms with Gasteiger partial charge in [-0.25, -0.2) is 9.82 Å². The summed E-state index contributed by atoms with van der Waals surface area (Å²) in [6, 6.07) is 9.48. The van der Waals surface area contributed by atoms with Crippen molar-refractivity contribution < 1.29 is 8.81 Å². The molecule has 1 unspecified atom stereocenters. The van der Waals surface area contributed by atoms with E-state index in [0.29, 0.717) is 11.3 Å². The van der Waals surface area contributed by atoms with Crippen molar-refractivity contribution in [1.29, 1.82) is 0 Å². The largest absolute Gasteiger partial charge is 0.467 e. The van der Waals surface area contributed by atoms with E-state index in [1.165, 1.54) is 12.3 Å². The van der Waals surface area contributed by atoms with Crippen LogP contribution in [0.25, 0.3) is 0 Å². The van der Waals surface area contributed by atoms with Gasteiger partial charge in [-0.05, 0) is 18.2 Å². The first-order chi connectivity index (χ1) is 7.33. The standard InChI is InChI=1S/C11H11FN2O/c12-9-5-2-1-4-8(9)11(14-13)10-6-3-7-15-10/h1-7,11,14H,13H2. The minimum Gasteiger partial charge on any atom is -0.467 e. The van der Waals surface area contributed by atoms with Gasteiger partial charge in [-0.3, -0.25) is 5.84 Å². The van der Waals surface area contributed by atoms with Gasteiger partial charge < -0.3 is 4.42 Å². The van der Waals surface area contributed by atoms with E-state index in [1.807, 2.05) is 0 Å². The predicted molar refractivity (Wildman–Crippen MR) is 54.3 cm³/mol. The summed E-state index contributed by atoms with van der Waals surface area (Å²) < 4.78 is 18.7. The number of hydrogen-bond acceptors (Lipinski definition) is 3. The summed E-state index contributed by atoms with van der Waals surface area (Å²) in [5.41, 5.74) is 3.00. The van der Waals surface area contributed by atoms with E-state index < -0.39 is 6.04 Å². The van der Waals surface area contributed by atoms with Gasteiger partial charge in [-0.15, -0.1) is 0 Å². The van der Waals surface area contributed by atoms with Crippen molar-refractivity contribution in [3.05, 3.63) is 59.8 Å². The van der Waals surface area contributed by atoms with Crippen LogP contribution >= 0.6 is 0 Å². The maximum Gasteiger partial charge on any atom is 0.128 e. The van der Waals surface area contributed by atoms with Crippen LogP contribution in [0, 0.1) is 5.82 Å². The Balaban J connectivity index is 2.40. The topological polar surface area (TPSA) is 51.2 Å². The molecule has 2 aromatic rings. The second-order valence-corrected chi connectivity index (χ2v) is 3.14. The molecule has 0 amide bonds. The van der Waals surface area contributed by atoms with Gasteiger partial charge in [0.15, 0.2) is 0 Å². The van der Waals surface area contributed by atoms with Crippen LogP contribution in [-0.4, -0.2) is 0 Å². The highest BCUT2D eigenvalue weighted by atomic mass is 19.1. The van der Waals surface area contributed by atoms with Crippen molar-refractivity contribution in [2.75, 3.05) is 0 Å².